The van der Waals surface area contributed by atoms with E-state index in [0.717, 1.165) is 24.0 Å². The highest BCUT2D eigenvalue weighted by molar-refractivity contribution is 6.31. The van der Waals surface area contributed by atoms with E-state index >= 15 is 0 Å². The molecule has 1 unspecified atom stereocenters. The average molecular weight is 293 g/mol. The summed E-state index contributed by atoms with van der Waals surface area (Å²) in [7, 11) is 0. The van der Waals surface area contributed by atoms with Crippen LogP contribution in [0.15, 0.2) is 42.5 Å². The van der Waals surface area contributed by atoms with Gasteiger partial charge in [0.05, 0.1) is 6.10 Å². The molecule has 2 aromatic rings. The van der Waals surface area contributed by atoms with Crippen LogP contribution < -0.4 is 0 Å². The molecule has 0 saturated carbocycles. The first kappa shape index (κ1) is 15.0. The Kier molecular flexibility index (Phi) is 5.16. The van der Waals surface area contributed by atoms with Crippen LogP contribution in [0.4, 0.5) is 4.39 Å². The number of halogens is 2. The van der Waals surface area contributed by atoms with Crippen molar-refractivity contribution < 1.29 is 9.50 Å². The smallest absolute Gasteiger partial charge is 0.124 e. The number of aryl methyl sites for hydroxylation is 1. The minimum atomic E-state index is -0.631. The zero-order valence-corrected chi connectivity index (χ0v) is 12.2. The van der Waals surface area contributed by atoms with Gasteiger partial charge in [-0.25, -0.2) is 4.39 Å². The summed E-state index contributed by atoms with van der Waals surface area (Å²) in [5.74, 6) is -0.364. The average Bonchev–Trinajstić information content (AvgIpc) is 2.43. The maximum atomic E-state index is 13.0. The zero-order chi connectivity index (χ0) is 14.5. The molecule has 20 heavy (non-hydrogen) atoms. The normalized spacial score (nSPS) is 12.4. The Balaban J connectivity index is 2.09. The topological polar surface area (TPSA) is 20.2 Å². The van der Waals surface area contributed by atoms with Crippen LogP contribution in [0.5, 0.6) is 0 Å². The van der Waals surface area contributed by atoms with Gasteiger partial charge in [-0.15, -0.1) is 0 Å². The molecule has 0 amide bonds. The van der Waals surface area contributed by atoms with Crippen LogP contribution in [0.3, 0.4) is 0 Å². The molecule has 0 aromatic heterocycles. The standard InChI is InChI=1S/C17H18ClFO/c1-2-3-12-4-6-13(7-5-12)17(20)10-14-8-9-15(19)11-16(14)18/h4-9,11,17,20H,2-3,10H2,1H3. The van der Waals surface area contributed by atoms with E-state index in [-0.39, 0.29) is 5.82 Å². The van der Waals surface area contributed by atoms with Gasteiger partial charge in [0.25, 0.3) is 0 Å². The van der Waals surface area contributed by atoms with E-state index in [0.29, 0.717) is 11.4 Å². The van der Waals surface area contributed by atoms with E-state index in [1.54, 1.807) is 6.07 Å². The van der Waals surface area contributed by atoms with Crippen molar-refractivity contribution in [2.24, 2.45) is 0 Å². The second-order valence-corrected chi connectivity index (χ2v) is 5.35. The van der Waals surface area contributed by atoms with Crippen molar-refractivity contribution >= 4 is 11.6 Å². The number of hydrogen-bond acceptors (Lipinski definition) is 1. The predicted octanol–water partition coefficient (Wildman–Crippen LogP) is 4.71. The maximum absolute atomic E-state index is 13.0. The minimum absolute atomic E-state index is 0.353. The fourth-order valence-corrected chi connectivity index (χ4v) is 2.45. The molecule has 0 aliphatic heterocycles. The highest BCUT2D eigenvalue weighted by Crippen LogP contribution is 2.24. The Bertz CT molecular complexity index is 566. The van der Waals surface area contributed by atoms with Crippen LogP contribution in [0.1, 0.15) is 36.1 Å². The van der Waals surface area contributed by atoms with E-state index in [4.69, 9.17) is 11.6 Å². The quantitative estimate of drug-likeness (QED) is 0.846. The molecule has 1 atom stereocenters. The van der Waals surface area contributed by atoms with Crippen LogP contribution in [-0.4, -0.2) is 5.11 Å². The molecule has 0 saturated heterocycles. The van der Waals surface area contributed by atoms with E-state index in [9.17, 15) is 9.50 Å². The van der Waals surface area contributed by atoms with Crippen molar-refractivity contribution in [3.05, 3.63) is 70.0 Å². The Morgan fingerprint density at radius 2 is 1.85 bits per heavy atom. The lowest BCUT2D eigenvalue weighted by molar-refractivity contribution is 0.178. The highest BCUT2D eigenvalue weighted by atomic mass is 35.5. The van der Waals surface area contributed by atoms with Gasteiger partial charge < -0.3 is 5.11 Å². The van der Waals surface area contributed by atoms with Crippen molar-refractivity contribution in [2.45, 2.75) is 32.3 Å². The molecule has 2 rings (SSSR count). The summed E-state index contributed by atoms with van der Waals surface area (Å²) in [6.07, 6.45) is 1.90. The van der Waals surface area contributed by atoms with Gasteiger partial charge in [-0.3, -0.25) is 0 Å². The van der Waals surface area contributed by atoms with Gasteiger partial charge in [0.1, 0.15) is 5.82 Å². The Morgan fingerprint density at radius 3 is 2.45 bits per heavy atom. The fraction of sp³-hybridized carbons (Fsp3) is 0.294. The van der Waals surface area contributed by atoms with Crippen molar-refractivity contribution in [3.8, 4) is 0 Å². The van der Waals surface area contributed by atoms with Crippen LogP contribution in [0.2, 0.25) is 5.02 Å². The number of hydrogen-bond donors (Lipinski definition) is 1. The van der Waals surface area contributed by atoms with Crippen LogP contribution in [0.25, 0.3) is 0 Å². The van der Waals surface area contributed by atoms with Crippen molar-refractivity contribution in [2.75, 3.05) is 0 Å². The minimum Gasteiger partial charge on any atom is -0.388 e. The molecule has 1 N–H and O–H groups in total. The third-order valence-corrected chi connectivity index (χ3v) is 3.68. The molecule has 0 fully saturated rings. The molecule has 106 valence electrons. The summed E-state index contributed by atoms with van der Waals surface area (Å²) in [6.45, 7) is 2.14. The highest BCUT2D eigenvalue weighted by Gasteiger charge is 2.11. The molecule has 0 spiro atoms. The lowest BCUT2D eigenvalue weighted by Crippen LogP contribution is -2.02. The fourth-order valence-electron chi connectivity index (χ4n) is 2.21. The molecule has 0 aliphatic rings. The Hall–Kier alpha value is -1.38. The molecule has 0 radical (unpaired) electrons. The van der Waals surface area contributed by atoms with Crippen LogP contribution in [-0.2, 0) is 12.8 Å². The number of benzene rings is 2. The molecule has 0 heterocycles. The summed E-state index contributed by atoms with van der Waals surface area (Å²) >= 11 is 5.98. The second kappa shape index (κ2) is 6.87. The Morgan fingerprint density at radius 1 is 1.15 bits per heavy atom. The first-order chi connectivity index (χ1) is 9.60. The predicted molar refractivity (Wildman–Crippen MR) is 80.5 cm³/mol. The molecule has 1 nitrogen and oxygen atoms in total. The maximum Gasteiger partial charge on any atom is 0.124 e. The van der Waals surface area contributed by atoms with Crippen LogP contribution >= 0.6 is 11.6 Å². The molecule has 0 aliphatic carbocycles. The largest absolute Gasteiger partial charge is 0.388 e. The van der Waals surface area contributed by atoms with E-state index in [1.165, 1.54) is 17.7 Å². The van der Waals surface area contributed by atoms with Gasteiger partial charge in [-0.2, -0.15) is 0 Å². The van der Waals surface area contributed by atoms with E-state index in [2.05, 4.69) is 6.92 Å². The lowest BCUT2D eigenvalue weighted by atomic mass is 9.99. The van der Waals surface area contributed by atoms with Gasteiger partial charge in [-0.05, 0) is 35.2 Å². The third kappa shape index (κ3) is 3.81. The first-order valence-corrected chi connectivity index (χ1v) is 7.18. The van der Waals surface area contributed by atoms with Gasteiger partial charge >= 0.3 is 0 Å². The molecule has 0 bridgehead atoms. The molecular formula is C17H18ClFO. The monoisotopic (exact) mass is 292 g/mol. The SMILES string of the molecule is CCCc1ccc(C(O)Cc2ccc(F)cc2Cl)cc1. The first-order valence-electron chi connectivity index (χ1n) is 6.81. The summed E-state index contributed by atoms with van der Waals surface area (Å²) in [5.41, 5.74) is 2.87. The van der Waals surface area contributed by atoms with E-state index < -0.39 is 6.10 Å². The summed E-state index contributed by atoms with van der Waals surface area (Å²) < 4.78 is 13.0. The molecular weight excluding hydrogens is 275 g/mol. The van der Waals surface area contributed by atoms with Crippen molar-refractivity contribution in [3.63, 3.8) is 0 Å². The van der Waals surface area contributed by atoms with Gasteiger partial charge in [0.15, 0.2) is 0 Å². The van der Waals surface area contributed by atoms with Crippen molar-refractivity contribution in [1.82, 2.24) is 0 Å². The Labute approximate surface area is 124 Å². The number of rotatable bonds is 5. The summed E-state index contributed by atoms with van der Waals surface area (Å²) in [6, 6.07) is 12.2. The second-order valence-electron chi connectivity index (χ2n) is 4.95. The molecule has 3 heteroatoms. The number of aliphatic hydroxyl groups is 1. The third-order valence-electron chi connectivity index (χ3n) is 3.33. The zero-order valence-electron chi connectivity index (χ0n) is 11.4. The van der Waals surface area contributed by atoms with E-state index in [1.807, 2.05) is 24.3 Å². The lowest BCUT2D eigenvalue weighted by Gasteiger charge is -2.13. The summed E-state index contributed by atoms with van der Waals surface area (Å²) in [4.78, 5) is 0. The number of aliphatic hydroxyl groups excluding tert-OH is 1. The van der Waals surface area contributed by atoms with Crippen molar-refractivity contribution in [1.29, 1.82) is 0 Å². The van der Waals surface area contributed by atoms with Crippen LogP contribution in [0, 0.1) is 5.82 Å². The van der Waals surface area contributed by atoms with Gasteiger partial charge in [0.2, 0.25) is 0 Å². The molecule has 2 aromatic carbocycles. The van der Waals surface area contributed by atoms with Gasteiger partial charge in [-0.1, -0.05) is 55.3 Å². The van der Waals surface area contributed by atoms with Gasteiger partial charge in [0, 0.05) is 11.4 Å². The summed E-state index contributed by atoms with van der Waals surface area (Å²) in [5, 5.41) is 10.6.